The highest BCUT2D eigenvalue weighted by molar-refractivity contribution is 9.10. The van der Waals surface area contributed by atoms with Crippen LogP contribution < -0.4 is 5.32 Å². The average molecular weight is 256 g/mol. The maximum atomic E-state index is 5.50. The average Bonchev–Trinajstić information content (AvgIpc) is 2.56. The number of rotatable bonds is 2. The second-order valence-corrected chi connectivity index (χ2v) is 4.45. The molecule has 1 aliphatic rings. The van der Waals surface area contributed by atoms with Gasteiger partial charge in [0, 0.05) is 16.8 Å². The van der Waals surface area contributed by atoms with Crippen molar-refractivity contribution >= 4 is 21.6 Å². The van der Waals surface area contributed by atoms with Crippen molar-refractivity contribution in [1.29, 1.82) is 0 Å². The zero-order chi connectivity index (χ0) is 9.97. The largest absolute Gasteiger partial charge is 0.379 e. The monoisotopic (exact) mass is 255 g/mol. The molecule has 0 saturated carbocycles. The Morgan fingerprint density at radius 2 is 2.21 bits per heavy atom. The minimum Gasteiger partial charge on any atom is -0.379 e. The number of nitrogens with one attached hydrogen (secondary N) is 1. The Labute approximate surface area is 92.8 Å². The number of halogens is 1. The van der Waals surface area contributed by atoms with Gasteiger partial charge in [0.15, 0.2) is 0 Å². The van der Waals surface area contributed by atoms with Crippen LogP contribution in [0.25, 0.3) is 0 Å². The molecule has 2 nitrogen and oxygen atoms in total. The zero-order valence-corrected chi connectivity index (χ0v) is 9.75. The standard InChI is InChI=1S/C11H14BrNO/c1-8-10(6-7-14-8)13-11-5-3-2-4-9(11)12/h2-5,8,10,13H,6-7H2,1H3/t8-,10-/m1/s1. The molecule has 76 valence electrons. The maximum absolute atomic E-state index is 5.50. The lowest BCUT2D eigenvalue weighted by atomic mass is 10.1. The summed E-state index contributed by atoms with van der Waals surface area (Å²) in [5.41, 5.74) is 1.15. The van der Waals surface area contributed by atoms with Gasteiger partial charge in [-0.2, -0.15) is 0 Å². The van der Waals surface area contributed by atoms with Crippen molar-refractivity contribution in [2.45, 2.75) is 25.5 Å². The third-order valence-electron chi connectivity index (χ3n) is 2.59. The van der Waals surface area contributed by atoms with Gasteiger partial charge >= 0.3 is 0 Å². The summed E-state index contributed by atoms with van der Waals surface area (Å²) in [5.74, 6) is 0. The van der Waals surface area contributed by atoms with Gasteiger partial charge in [-0.25, -0.2) is 0 Å². The molecule has 14 heavy (non-hydrogen) atoms. The van der Waals surface area contributed by atoms with Gasteiger partial charge in [-0.05, 0) is 41.4 Å². The lowest BCUT2D eigenvalue weighted by Crippen LogP contribution is -2.26. The van der Waals surface area contributed by atoms with Crippen LogP contribution in [0.2, 0.25) is 0 Å². The topological polar surface area (TPSA) is 21.3 Å². The quantitative estimate of drug-likeness (QED) is 0.878. The summed E-state index contributed by atoms with van der Waals surface area (Å²) >= 11 is 3.52. The van der Waals surface area contributed by atoms with Crippen molar-refractivity contribution < 1.29 is 4.74 Å². The molecule has 1 heterocycles. The van der Waals surface area contributed by atoms with Gasteiger partial charge < -0.3 is 10.1 Å². The van der Waals surface area contributed by atoms with Gasteiger partial charge in [0.2, 0.25) is 0 Å². The first-order valence-electron chi connectivity index (χ1n) is 4.90. The molecule has 0 aromatic heterocycles. The van der Waals surface area contributed by atoms with E-state index in [4.69, 9.17) is 4.74 Å². The fourth-order valence-electron chi connectivity index (χ4n) is 1.70. The molecule has 1 aromatic rings. The molecule has 0 aliphatic carbocycles. The van der Waals surface area contributed by atoms with Crippen LogP contribution >= 0.6 is 15.9 Å². The molecule has 1 aromatic carbocycles. The fraction of sp³-hybridized carbons (Fsp3) is 0.455. The van der Waals surface area contributed by atoms with E-state index in [-0.39, 0.29) is 0 Å². The smallest absolute Gasteiger partial charge is 0.0748 e. The van der Waals surface area contributed by atoms with E-state index in [1.54, 1.807) is 0 Å². The normalized spacial score (nSPS) is 26.4. The Bertz CT molecular complexity index is 316. The molecular weight excluding hydrogens is 242 g/mol. The highest BCUT2D eigenvalue weighted by Crippen LogP contribution is 2.25. The second-order valence-electron chi connectivity index (χ2n) is 3.60. The first-order chi connectivity index (χ1) is 6.77. The summed E-state index contributed by atoms with van der Waals surface area (Å²) in [5, 5.41) is 3.49. The summed E-state index contributed by atoms with van der Waals surface area (Å²) in [6.45, 7) is 2.98. The third kappa shape index (κ3) is 2.10. The van der Waals surface area contributed by atoms with Crippen LogP contribution in [0.1, 0.15) is 13.3 Å². The Morgan fingerprint density at radius 1 is 1.43 bits per heavy atom. The molecular formula is C11H14BrNO. The molecule has 2 rings (SSSR count). The summed E-state index contributed by atoms with van der Waals surface area (Å²) in [6, 6.07) is 8.61. The Hall–Kier alpha value is -0.540. The van der Waals surface area contributed by atoms with Crippen molar-refractivity contribution in [3.63, 3.8) is 0 Å². The van der Waals surface area contributed by atoms with E-state index < -0.39 is 0 Å². The first-order valence-corrected chi connectivity index (χ1v) is 5.69. The molecule has 2 atom stereocenters. The van der Waals surface area contributed by atoms with Gasteiger partial charge in [0.05, 0.1) is 12.1 Å². The van der Waals surface area contributed by atoms with Gasteiger partial charge in [0.1, 0.15) is 0 Å². The number of anilines is 1. The van der Waals surface area contributed by atoms with Gasteiger partial charge in [-0.3, -0.25) is 0 Å². The van der Waals surface area contributed by atoms with E-state index in [1.807, 2.05) is 18.2 Å². The third-order valence-corrected chi connectivity index (χ3v) is 3.28. The molecule has 0 bridgehead atoms. The highest BCUT2D eigenvalue weighted by atomic mass is 79.9. The molecule has 1 aliphatic heterocycles. The van der Waals surface area contributed by atoms with E-state index in [0.717, 1.165) is 23.2 Å². The molecule has 1 N–H and O–H groups in total. The van der Waals surface area contributed by atoms with Crippen molar-refractivity contribution in [2.24, 2.45) is 0 Å². The molecule has 0 amide bonds. The van der Waals surface area contributed by atoms with Crippen molar-refractivity contribution in [3.05, 3.63) is 28.7 Å². The summed E-state index contributed by atoms with van der Waals surface area (Å²) in [4.78, 5) is 0. The van der Waals surface area contributed by atoms with Crippen LogP contribution in [0.4, 0.5) is 5.69 Å². The maximum Gasteiger partial charge on any atom is 0.0748 e. The van der Waals surface area contributed by atoms with Gasteiger partial charge in [-0.1, -0.05) is 12.1 Å². The number of hydrogen-bond acceptors (Lipinski definition) is 2. The molecule has 0 spiro atoms. The SMILES string of the molecule is C[C@H]1OCC[C@H]1Nc1ccccc1Br. The van der Waals surface area contributed by atoms with Crippen LogP contribution in [0.15, 0.2) is 28.7 Å². The van der Waals surface area contributed by atoms with Crippen molar-refractivity contribution in [3.8, 4) is 0 Å². The number of benzene rings is 1. The molecule has 1 fully saturated rings. The minimum atomic E-state index is 0.308. The lowest BCUT2D eigenvalue weighted by Gasteiger charge is -2.18. The second kappa shape index (κ2) is 4.32. The summed E-state index contributed by atoms with van der Waals surface area (Å²) in [6.07, 6.45) is 1.39. The minimum absolute atomic E-state index is 0.308. The van der Waals surface area contributed by atoms with Crippen LogP contribution in [0.5, 0.6) is 0 Å². The number of para-hydroxylation sites is 1. The summed E-state index contributed by atoms with van der Waals surface area (Å²) in [7, 11) is 0. The van der Waals surface area contributed by atoms with E-state index in [1.165, 1.54) is 0 Å². The van der Waals surface area contributed by atoms with Crippen molar-refractivity contribution in [2.75, 3.05) is 11.9 Å². The van der Waals surface area contributed by atoms with Crippen LogP contribution in [-0.2, 0) is 4.74 Å². The molecule has 1 saturated heterocycles. The zero-order valence-electron chi connectivity index (χ0n) is 8.16. The van der Waals surface area contributed by atoms with Gasteiger partial charge in [0.25, 0.3) is 0 Å². The molecule has 0 unspecified atom stereocenters. The van der Waals surface area contributed by atoms with Crippen LogP contribution in [0, 0.1) is 0 Å². The fourth-order valence-corrected chi connectivity index (χ4v) is 2.10. The van der Waals surface area contributed by atoms with Crippen LogP contribution in [-0.4, -0.2) is 18.8 Å². The predicted molar refractivity (Wildman–Crippen MR) is 61.6 cm³/mol. The Kier molecular flexibility index (Phi) is 3.08. The highest BCUT2D eigenvalue weighted by Gasteiger charge is 2.24. The Morgan fingerprint density at radius 3 is 2.86 bits per heavy atom. The van der Waals surface area contributed by atoms with E-state index in [0.29, 0.717) is 12.1 Å². The Balaban J connectivity index is 2.07. The molecule has 3 heteroatoms. The number of ether oxygens (including phenoxy) is 1. The molecule has 0 radical (unpaired) electrons. The van der Waals surface area contributed by atoms with E-state index >= 15 is 0 Å². The predicted octanol–water partition coefficient (Wildman–Crippen LogP) is 3.04. The van der Waals surface area contributed by atoms with E-state index in [9.17, 15) is 0 Å². The first kappa shape index (κ1) is 9.99. The van der Waals surface area contributed by atoms with Gasteiger partial charge in [-0.15, -0.1) is 0 Å². The summed E-state index contributed by atoms with van der Waals surface area (Å²) < 4.78 is 6.61. The van der Waals surface area contributed by atoms with E-state index in [2.05, 4.69) is 34.2 Å². The van der Waals surface area contributed by atoms with Crippen molar-refractivity contribution in [1.82, 2.24) is 0 Å². The lowest BCUT2D eigenvalue weighted by molar-refractivity contribution is 0.121. The van der Waals surface area contributed by atoms with Crippen LogP contribution in [0.3, 0.4) is 0 Å². The number of hydrogen-bond donors (Lipinski definition) is 1.